The van der Waals surface area contributed by atoms with Crippen LogP contribution in [0.4, 0.5) is 0 Å². The van der Waals surface area contributed by atoms with E-state index in [1.807, 2.05) is 6.07 Å². The standard InChI is InChI=1S/C7H6N4O/c8-3-1-6-10-4-2-5(11-6)7(9)12/h2,4H,1H2,(H2,9,12). The largest absolute Gasteiger partial charge is 0.364 e. The molecule has 0 saturated carbocycles. The van der Waals surface area contributed by atoms with Crippen LogP contribution in [0.5, 0.6) is 0 Å². The Morgan fingerprint density at radius 3 is 3.08 bits per heavy atom. The van der Waals surface area contributed by atoms with Crippen LogP contribution in [0.3, 0.4) is 0 Å². The van der Waals surface area contributed by atoms with Crippen LogP contribution < -0.4 is 5.73 Å². The summed E-state index contributed by atoms with van der Waals surface area (Å²) in [6, 6.07) is 3.28. The summed E-state index contributed by atoms with van der Waals surface area (Å²) in [6.45, 7) is 0. The van der Waals surface area contributed by atoms with E-state index in [1.54, 1.807) is 0 Å². The van der Waals surface area contributed by atoms with Gasteiger partial charge in [-0.3, -0.25) is 4.79 Å². The van der Waals surface area contributed by atoms with Gasteiger partial charge < -0.3 is 5.73 Å². The van der Waals surface area contributed by atoms with Gasteiger partial charge in [-0.05, 0) is 6.07 Å². The summed E-state index contributed by atoms with van der Waals surface area (Å²) in [6.07, 6.45) is 1.49. The highest BCUT2D eigenvalue weighted by atomic mass is 16.1. The Kier molecular flexibility index (Phi) is 2.33. The lowest BCUT2D eigenvalue weighted by molar-refractivity contribution is 0.0995. The highest BCUT2D eigenvalue weighted by molar-refractivity contribution is 5.90. The monoisotopic (exact) mass is 162 g/mol. The molecule has 1 amide bonds. The Labute approximate surface area is 68.9 Å². The number of hydrogen-bond acceptors (Lipinski definition) is 4. The third-order valence-corrected chi connectivity index (χ3v) is 1.20. The van der Waals surface area contributed by atoms with Gasteiger partial charge in [0.1, 0.15) is 11.5 Å². The molecule has 0 atom stereocenters. The van der Waals surface area contributed by atoms with Gasteiger partial charge in [0.15, 0.2) is 0 Å². The Balaban J connectivity index is 2.97. The summed E-state index contributed by atoms with van der Waals surface area (Å²) >= 11 is 0. The van der Waals surface area contributed by atoms with Crippen molar-refractivity contribution in [3.63, 3.8) is 0 Å². The number of hydrogen-bond donors (Lipinski definition) is 1. The smallest absolute Gasteiger partial charge is 0.267 e. The SMILES string of the molecule is N#CCc1nccc(C(N)=O)n1. The Morgan fingerprint density at radius 1 is 1.75 bits per heavy atom. The van der Waals surface area contributed by atoms with Crippen LogP contribution in [0.25, 0.3) is 0 Å². The van der Waals surface area contributed by atoms with Crippen molar-refractivity contribution in [2.24, 2.45) is 5.73 Å². The fraction of sp³-hybridized carbons (Fsp3) is 0.143. The van der Waals surface area contributed by atoms with Crippen LogP contribution in [0.15, 0.2) is 12.3 Å². The Bertz CT molecular complexity index is 342. The molecular weight excluding hydrogens is 156 g/mol. The minimum atomic E-state index is -0.614. The molecule has 0 spiro atoms. The molecule has 5 heteroatoms. The average Bonchev–Trinajstić information content (AvgIpc) is 2.05. The first-order valence-electron chi connectivity index (χ1n) is 3.22. The minimum Gasteiger partial charge on any atom is -0.364 e. The quantitative estimate of drug-likeness (QED) is 0.642. The molecular formula is C7H6N4O. The van der Waals surface area contributed by atoms with E-state index in [4.69, 9.17) is 11.0 Å². The second-order valence-electron chi connectivity index (χ2n) is 2.06. The zero-order chi connectivity index (χ0) is 8.97. The van der Waals surface area contributed by atoms with Gasteiger partial charge in [-0.2, -0.15) is 5.26 Å². The van der Waals surface area contributed by atoms with E-state index in [0.717, 1.165) is 0 Å². The number of carbonyl (C=O) groups excluding carboxylic acids is 1. The highest BCUT2D eigenvalue weighted by Crippen LogP contribution is 1.94. The number of nitrogens with two attached hydrogens (primary N) is 1. The lowest BCUT2D eigenvalue weighted by Crippen LogP contribution is -2.14. The van der Waals surface area contributed by atoms with E-state index in [0.29, 0.717) is 5.82 Å². The number of primary amides is 1. The molecule has 0 unspecified atom stereocenters. The number of amides is 1. The van der Waals surface area contributed by atoms with Crippen LogP contribution >= 0.6 is 0 Å². The molecule has 60 valence electrons. The first-order chi connectivity index (χ1) is 5.74. The summed E-state index contributed by atoms with van der Waals surface area (Å²) < 4.78 is 0. The second kappa shape index (κ2) is 3.44. The predicted octanol–water partition coefficient (Wildman–Crippen LogP) is -0.358. The van der Waals surface area contributed by atoms with E-state index in [-0.39, 0.29) is 12.1 Å². The van der Waals surface area contributed by atoms with E-state index in [1.165, 1.54) is 12.3 Å². The molecule has 1 rings (SSSR count). The van der Waals surface area contributed by atoms with Crippen molar-refractivity contribution in [3.8, 4) is 6.07 Å². The molecule has 0 fully saturated rings. The molecule has 12 heavy (non-hydrogen) atoms. The molecule has 0 bridgehead atoms. The number of aromatic nitrogens is 2. The van der Waals surface area contributed by atoms with Gasteiger partial charge in [0.25, 0.3) is 5.91 Å². The molecule has 0 aliphatic heterocycles. The Morgan fingerprint density at radius 2 is 2.50 bits per heavy atom. The van der Waals surface area contributed by atoms with Crippen molar-refractivity contribution in [2.75, 3.05) is 0 Å². The summed E-state index contributed by atoms with van der Waals surface area (Å²) in [7, 11) is 0. The number of nitrogens with zero attached hydrogens (tertiary/aromatic N) is 3. The van der Waals surface area contributed by atoms with E-state index in [9.17, 15) is 4.79 Å². The predicted molar refractivity (Wildman–Crippen MR) is 39.9 cm³/mol. The molecule has 0 saturated heterocycles. The van der Waals surface area contributed by atoms with Gasteiger partial charge in [-0.15, -0.1) is 0 Å². The highest BCUT2D eigenvalue weighted by Gasteiger charge is 2.02. The van der Waals surface area contributed by atoms with E-state index in [2.05, 4.69) is 9.97 Å². The number of rotatable bonds is 2. The lowest BCUT2D eigenvalue weighted by Gasteiger charge is -1.95. The zero-order valence-corrected chi connectivity index (χ0v) is 6.19. The Hall–Kier alpha value is -1.96. The summed E-state index contributed by atoms with van der Waals surface area (Å²) in [5, 5.41) is 8.30. The molecule has 5 nitrogen and oxygen atoms in total. The third kappa shape index (κ3) is 1.76. The van der Waals surface area contributed by atoms with Crippen LogP contribution in [0.2, 0.25) is 0 Å². The molecule has 2 N–H and O–H groups in total. The van der Waals surface area contributed by atoms with Crippen LogP contribution in [-0.2, 0) is 6.42 Å². The first-order valence-corrected chi connectivity index (χ1v) is 3.22. The molecule has 1 aromatic heterocycles. The molecule has 1 heterocycles. The van der Waals surface area contributed by atoms with Gasteiger partial charge in [0.2, 0.25) is 0 Å². The van der Waals surface area contributed by atoms with Gasteiger partial charge in [0, 0.05) is 6.20 Å². The average molecular weight is 162 g/mol. The van der Waals surface area contributed by atoms with Crippen LogP contribution in [-0.4, -0.2) is 15.9 Å². The topological polar surface area (TPSA) is 92.7 Å². The van der Waals surface area contributed by atoms with E-state index < -0.39 is 5.91 Å². The summed E-state index contributed by atoms with van der Waals surface area (Å²) in [4.78, 5) is 18.1. The van der Waals surface area contributed by atoms with Gasteiger partial charge in [-0.1, -0.05) is 0 Å². The number of carbonyl (C=O) groups is 1. The van der Waals surface area contributed by atoms with E-state index >= 15 is 0 Å². The first kappa shape index (κ1) is 8.14. The van der Waals surface area contributed by atoms with Crippen LogP contribution in [0.1, 0.15) is 16.3 Å². The molecule has 1 aromatic rings. The van der Waals surface area contributed by atoms with Gasteiger partial charge in [-0.25, -0.2) is 9.97 Å². The molecule has 0 aliphatic carbocycles. The maximum Gasteiger partial charge on any atom is 0.267 e. The second-order valence-corrected chi connectivity index (χ2v) is 2.06. The zero-order valence-electron chi connectivity index (χ0n) is 6.19. The van der Waals surface area contributed by atoms with Crippen molar-refractivity contribution in [2.45, 2.75) is 6.42 Å². The van der Waals surface area contributed by atoms with Crippen molar-refractivity contribution in [1.82, 2.24) is 9.97 Å². The number of nitriles is 1. The normalized spacial score (nSPS) is 8.92. The fourth-order valence-corrected chi connectivity index (χ4v) is 0.692. The lowest BCUT2D eigenvalue weighted by atomic mass is 10.3. The van der Waals surface area contributed by atoms with Crippen molar-refractivity contribution >= 4 is 5.91 Å². The molecule has 0 radical (unpaired) electrons. The molecule has 0 aliphatic rings. The van der Waals surface area contributed by atoms with Gasteiger partial charge >= 0.3 is 0 Å². The minimum absolute atomic E-state index is 0.0844. The van der Waals surface area contributed by atoms with Crippen molar-refractivity contribution < 1.29 is 4.79 Å². The third-order valence-electron chi connectivity index (χ3n) is 1.20. The maximum absolute atomic E-state index is 10.6. The molecule has 0 aromatic carbocycles. The van der Waals surface area contributed by atoms with Crippen molar-refractivity contribution in [3.05, 3.63) is 23.8 Å². The maximum atomic E-state index is 10.6. The summed E-state index contributed by atoms with van der Waals surface area (Å²) in [5.41, 5.74) is 5.10. The summed E-state index contributed by atoms with van der Waals surface area (Å²) in [5.74, 6) is -0.301. The van der Waals surface area contributed by atoms with Crippen LogP contribution in [0, 0.1) is 11.3 Å². The van der Waals surface area contributed by atoms with Crippen molar-refractivity contribution in [1.29, 1.82) is 5.26 Å². The fourth-order valence-electron chi connectivity index (χ4n) is 0.692. The van der Waals surface area contributed by atoms with Gasteiger partial charge in [0.05, 0.1) is 12.5 Å².